The molecule has 112 valence electrons. The Kier molecular flexibility index (Phi) is 6.06. The summed E-state index contributed by atoms with van der Waals surface area (Å²) in [7, 11) is 0. The summed E-state index contributed by atoms with van der Waals surface area (Å²) in [6, 6.07) is 8.43. The summed E-state index contributed by atoms with van der Waals surface area (Å²) in [5.41, 5.74) is 7.56. The van der Waals surface area contributed by atoms with E-state index in [1.807, 2.05) is 6.07 Å². The van der Waals surface area contributed by atoms with Crippen LogP contribution in [0.4, 0.5) is 0 Å². The van der Waals surface area contributed by atoms with Crippen LogP contribution >= 0.6 is 15.9 Å². The number of hydrogen-bond donors (Lipinski definition) is 1. The first-order chi connectivity index (χ1) is 9.58. The van der Waals surface area contributed by atoms with E-state index in [2.05, 4.69) is 52.9 Å². The first-order valence-corrected chi connectivity index (χ1v) is 8.59. The van der Waals surface area contributed by atoms with E-state index >= 15 is 0 Å². The van der Waals surface area contributed by atoms with Gasteiger partial charge in [-0.1, -0.05) is 48.0 Å². The van der Waals surface area contributed by atoms with Gasteiger partial charge in [-0.3, -0.25) is 0 Å². The molecular weight excluding hydrogens is 312 g/mol. The summed E-state index contributed by atoms with van der Waals surface area (Å²) in [6.45, 7) is 8.30. The van der Waals surface area contributed by atoms with E-state index in [4.69, 9.17) is 5.73 Å². The Balaban J connectivity index is 1.78. The summed E-state index contributed by atoms with van der Waals surface area (Å²) in [4.78, 5) is 2.58. The monoisotopic (exact) mass is 338 g/mol. The lowest BCUT2D eigenvalue weighted by atomic mass is 9.86. The van der Waals surface area contributed by atoms with Crippen molar-refractivity contribution in [1.29, 1.82) is 0 Å². The van der Waals surface area contributed by atoms with Crippen LogP contribution in [0.25, 0.3) is 0 Å². The van der Waals surface area contributed by atoms with Crippen LogP contribution in [0.15, 0.2) is 28.7 Å². The molecule has 0 bridgehead atoms. The van der Waals surface area contributed by atoms with Crippen molar-refractivity contribution in [3.8, 4) is 0 Å². The van der Waals surface area contributed by atoms with Crippen molar-refractivity contribution in [2.45, 2.75) is 39.2 Å². The average molecular weight is 339 g/mol. The van der Waals surface area contributed by atoms with Gasteiger partial charge in [0, 0.05) is 10.5 Å². The van der Waals surface area contributed by atoms with Crippen LogP contribution in [0.5, 0.6) is 0 Å². The quantitative estimate of drug-likeness (QED) is 0.871. The third-order valence-electron chi connectivity index (χ3n) is 4.64. The number of benzene rings is 1. The fourth-order valence-electron chi connectivity index (χ4n) is 3.10. The molecule has 0 saturated carbocycles. The second-order valence-corrected chi connectivity index (χ2v) is 7.19. The molecule has 1 fully saturated rings. The van der Waals surface area contributed by atoms with Crippen molar-refractivity contribution >= 4 is 15.9 Å². The lowest BCUT2D eigenvalue weighted by Crippen LogP contribution is -2.36. The van der Waals surface area contributed by atoms with Gasteiger partial charge in [-0.2, -0.15) is 0 Å². The van der Waals surface area contributed by atoms with Crippen LogP contribution in [0.3, 0.4) is 0 Å². The number of nitrogens with zero attached hydrogens (tertiary/aromatic N) is 1. The van der Waals surface area contributed by atoms with E-state index < -0.39 is 0 Å². The van der Waals surface area contributed by atoms with Gasteiger partial charge in [-0.15, -0.1) is 0 Å². The molecule has 1 unspecified atom stereocenters. The summed E-state index contributed by atoms with van der Waals surface area (Å²) >= 11 is 3.59. The van der Waals surface area contributed by atoms with Crippen molar-refractivity contribution in [2.24, 2.45) is 17.6 Å². The highest BCUT2D eigenvalue weighted by molar-refractivity contribution is 9.10. The van der Waals surface area contributed by atoms with E-state index in [-0.39, 0.29) is 6.04 Å². The maximum absolute atomic E-state index is 6.33. The molecule has 1 aromatic carbocycles. The molecule has 1 heterocycles. The van der Waals surface area contributed by atoms with E-state index in [9.17, 15) is 0 Å². The molecule has 0 spiro atoms. The number of hydrogen-bond acceptors (Lipinski definition) is 2. The third kappa shape index (κ3) is 4.31. The van der Waals surface area contributed by atoms with Gasteiger partial charge in [0.1, 0.15) is 0 Å². The minimum atomic E-state index is 0.133. The van der Waals surface area contributed by atoms with E-state index in [0.29, 0.717) is 0 Å². The molecule has 1 aliphatic heterocycles. The van der Waals surface area contributed by atoms with Gasteiger partial charge >= 0.3 is 0 Å². The predicted molar refractivity (Wildman–Crippen MR) is 89.7 cm³/mol. The lowest BCUT2D eigenvalue weighted by molar-refractivity contribution is 0.154. The van der Waals surface area contributed by atoms with Gasteiger partial charge in [0.2, 0.25) is 0 Å². The fourth-order valence-corrected chi connectivity index (χ4v) is 3.67. The van der Waals surface area contributed by atoms with Gasteiger partial charge in [0.15, 0.2) is 0 Å². The van der Waals surface area contributed by atoms with Gasteiger partial charge in [0.25, 0.3) is 0 Å². The lowest BCUT2D eigenvalue weighted by Gasteiger charge is -2.34. The van der Waals surface area contributed by atoms with E-state index in [1.165, 1.54) is 31.5 Å². The molecule has 2 nitrogen and oxygen atoms in total. The van der Waals surface area contributed by atoms with Crippen LogP contribution in [-0.2, 0) is 0 Å². The fraction of sp³-hybridized carbons (Fsp3) is 0.647. The number of rotatable bonds is 5. The SMILES string of the molecule is CC(C)C1CCN(CCC(N)c2ccccc2Br)CC1. The Hall–Kier alpha value is -0.380. The Bertz CT molecular complexity index is 411. The predicted octanol–water partition coefficient (Wildman–Crippen LogP) is 4.21. The summed E-state index contributed by atoms with van der Waals surface area (Å²) in [6.07, 6.45) is 3.73. The summed E-state index contributed by atoms with van der Waals surface area (Å²) in [5.74, 6) is 1.75. The number of likely N-dealkylation sites (tertiary alicyclic amines) is 1. The highest BCUT2D eigenvalue weighted by atomic mass is 79.9. The molecular formula is C17H27BrN2. The van der Waals surface area contributed by atoms with Crippen LogP contribution in [-0.4, -0.2) is 24.5 Å². The Morgan fingerprint density at radius 1 is 1.25 bits per heavy atom. The van der Waals surface area contributed by atoms with Gasteiger partial charge in [-0.25, -0.2) is 0 Å². The normalized spacial score (nSPS) is 19.4. The minimum Gasteiger partial charge on any atom is -0.324 e. The molecule has 3 heteroatoms. The highest BCUT2D eigenvalue weighted by Gasteiger charge is 2.21. The third-order valence-corrected chi connectivity index (χ3v) is 5.36. The van der Waals surface area contributed by atoms with Crippen molar-refractivity contribution < 1.29 is 0 Å². The van der Waals surface area contributed by atoms with Crippen LogP contribution in [0.1, 0.15) is 44.7 Å². The number of nitrogens with two attached hydrogens (primary N) is 1. The van der Waals surface area contributed by atoms with Crippen LogP contribution in [0, 0.1) is 11.8 Å². The van der Waals surface area contributed by atoms with Crippen molar-refractivity contribution in [3.63, 3.8) is 0 Å². The molecule has 20 heavy (non-hydrogen) atoms. The highest BCUT2D eigenvalue weighted by Crippen LogP contribution is 2.26. The summed E-state index contributed by atoms with van der Waals surface area (Å²) in [5, 5.41) is 0. The van der Waals surface area contributed by atoms with Gasteiger partial charge in [-0.05, 0) is 62.4 Å². The molecule has 0 aliphatic carbocycles. The first kappa shape index (κ1) is 16.0. The van der Waals surface area contributed by atoms with Crippen LogP contribution in [0.2, 0.25) is 0 Å². The molecule has 1 saturated heterocycles. The maximum Gasteiger partial charge on any atom is 0.0318 e. The summed E-state index contributed by atoms with van der Waals surface area (Å²) < 4.78 is 1.13. The standard InChI is InChI=1S/C17H27BrN2/c1-13(2)14-7-10-20(11-8-14)12-9-17(19)15-5-3-4-6-16(15)18/h3-6,13-14,17H,7-12,19H2,1-2H3. The zero-order valence-corrected chi connectivity index (χ0v) is 14.3. The molecule has 0 aromatic heterocycles. The molecule has 1 aromatic rings. The number of piperidine rings is 1. The molecule has 1 atom stereocenters. The Labute approximate surface area is 131 Å². The second-order valence-electron chi connectivity index (χ2n) is 6.34. The molecule has 2 N–H and O–H groups in total. The molecule has 0 radical (unpaired) electrons. The number of halogens is 1. The Morgan fingerprint density at radius 2 is 1.90 bits per heavy atom. The van der Waals surface area contributed by atoms with E-state index in [1.54, 1.807) is 0 Å². The van der Waals surface area contributed by atoms with E-state index in [0.717, 1.165) is 29.3 Å². The Morgan fingerprint density at radius 3 is 2.50 bits per heavy atom. The molecule has 2 rings (SSSR count). The maximum atomic E-state index is 6.33. The van der Waals surface area contributed by atoms with Crippen molar-refractivity contribution in [2.75, 3.05) is 19.6 Å². The smallest absolute Gasteiger partial charge is 0.0318 e. The topological polar surface area (TPSA) is 29.3 Å². The van der Waals surface area contributed by atoms with Gasteiger partial charge < -0.3 is 10.6 Å². The zero-order valence-electron chi connectivity index (χ0n) is 12.7. The molecule has 1 aliphatic rings. The average Bonchev–Trinajstić information content (AvgIpc) is 2.45. The largest absolute Gasteiger partial charge is 0.324 e. The minimum absolute atomic E-state index is 0.133. The van der Waals surface area contributed by atoms with Crippen molar-refractivity contribution in [1.82, 2.24) is 4.90 Å². The van der Waals surface area contributed by atoms with Crippen LogP contribution < -0.4 is 5.73 Å². The molecule has 0 amide bonds. The van der Waals surface area contributed by atoms with Crippen molar-refractivity contribution in [3.05, 3.63) is 34.3 Å². The zero-order chi connectivity index (χ0) is 14.5. The second kappa shape index (κ2) is 7.58. The first-order valence-electron chi connectivity index (χ1n) is 7.80. The van der Waals surface area contributed by atoms with Gasteiger partial charge in [0.05, 0.1) is 0 Å².